The van der Waals surface area contributed by atoms with Crippen molar-refractivity contribution in [1.82, 2.24) is 9.78 Å². The topological polar surface area (TPSA) is 174 Å². The molecule has 51 heavy (non-hydrogen) atoms. The molecule has 0 radical (unpaired) electrons. The van der Waals surface area contributed by atoms with E-state index in [9.17, 15) is 23.2 Å². The van der Waals surface area contributed by atoms with Crippen LogP contribution in [0.1, 0.15) is 5.69 Å². The van der Waals surface area contributed by atoms with Gasteiger partial charge in [-0.25, -0.2) is 0 Å². The molecule has 1 aromatic heterocycles. The normalized spacial score (nSPS) is 11.9. The molecule has 7 rings (SSSR count). The van der Waals surface area contributed by atoms with Gasteiger partial charge in [-0.15, -0.1) is 10.2 Å². The molecule has 0 aliphatic carbocycles. The van der Waals surface area contributed by atoms with Crippen LogP contribution >= 0.6 is 0 Å². The quantitative estimate of drug-likeness (QED) is 0.0858. The van der Waals surface area contributed by atoms with Gasteiger partial charge in [-0.05, 0) is 84.1 Å². The van der Waals surface area contributed by atoms with Crippen LogP contribution in [0.15, 0.2) is 159 Å². The third kappa shape index (κ3) is 7.06. The Labute approximate surface area is 292 Å². The van der Waals surface area contributed by atoms with Crippen molar-refractivity contribution in [2.24, 2.45) is 20.5 Å². The number of aromatic hydroxyl groups is 2. The van der Waals surface area contributed by atoms with E-state index in [-0.39, 0.29) is 28.4 Å². The van der Waals surface area contributed by atoms with Crippen molar-refractivity contribution >= 4 is 55.0 Å². The molecule has 0 aliphatic rings. The minimum absolute atomic E-state index is 0.0940. The average molecular weight is 696 g/mol. The van der Waals surface area contributed by atoms with Gasteiger partial charge in [0.15, 0.2) is 5.69 Å². The number of azo groups is 2. The van der Waals surface area contributed by atoms with Crippen molar-refractivity contribution in [1.29, 1.82) is 0 Å². The van der Waals surface area contributed by atoms with Crippen molar-refractivity contribution in [3.63, 3.8) is 0 Å². The lowest BCUT2D eigenvalue weighted by molar-refractivity contribution is 0.434. The maximum absolute atomic E-state index is 11.8. The Hall–Kier alpha value is -6.70. The van der Waals surface area contributed by atoms with Crippen molar-refractivity contribution < 1.29 is 23.2 Å². The fourth-order valence-electron chi connectivity index (χ4n) is 5.46. The van der Waals surface area contributed by atoms with E-state index in [1.165, 1.54) is 10.7 Å². The maximum atomic E-state index is 11.8. The molecular formula is C38H29N7O5S. The summed E-state index contributed by atoms with van der Waals surface area (Å²) >= 11 is 0. The number of aromatic nitrogens is 2. The molecule has 0 atom stereocenters. The van der Waals surface area contributed by atoms with Gasteiger partial charge in [0, 0.05) is 11.8 Å². The van der Waals surface area contributed by atoms with Gasteiger partial charge in [-0.1, -0.05) is 66.7 Å². The van der Waals surface area contributed by atoms with E-state index in [1.807, 2.05) is 97.1 Å². The minimum atomic E-state index is -4.55. The Balaban J connectivity index is 1.13. The molecule has 0 unspecified atom stereocenters. The number of phenols is 1. The molecule has 252 valence electrons. The molecule has 4 N–H and O–H groups in total. The van der Waals surface area contributed by atoms with E-state index in [0.29, 0.717) is 33.8 Å². The number of hydrogen-bond donors (Lipinski definition) is 4. The predicted molar refractivity (Wildman–Crippen MR) is 195 cm³/mol. The number of rotatable bonds is 9. The van der Waals surface area contributed by atoms with Crippen LogP contribution in [0, 0.1) is 6.92 Å². The zero-order valence-electron chi connectivity index (χ0n) is 27.0. The van der Waals surface area contributed by atoms with Gasteiger partial charge < -0.3 is 15.5 Å². The largest absolute Gasteiger partial charge is 0.507 e. The summed E-state index contributed by atoms with van der Waals surface area (Å²) < 4.78 is 34.6. The SMILES string of the molecule is Cc1nn(-c2ccccc2)c(O)c1N=Nc1ccc(-c2ccc(N=Nc3c(Nc4ccccc4)ccc4cc(S(=O)(=O)O)cc(O)c34)cc2)cc1. The lowest BCUT2D eigenvalue weighted by Crippen LogP contribution is -1.98. The molecule has 0 bridgehead atoms. The number of benzene rings is 6. The molecule has 0 aliphatic heterocycles. The summed E-state index contributed by atoms with van der Waals surface area (Å²) in [5.74, 6) is -0.471. The van der Waals surface area contributed by atoms with Gasteiger partial charge in [0.25, 0.3) is 10.1 Å². The van der Waals surface area contributed by atoms with Gasteiger partial charge in [0.05, 0.1) is 38.7 Å². The highest BCUT2D eigenvalue weighted by atomic mass is 32.2. The summed E-state index contributed by atoms with van der Waals surface area (Å²) in [6.45, 7) is 1.76. The highest BCUT2D eigenvalue weighted by Gasteiger charge is 2.18. The summed E-state index contributed by atoms with van der Waals surface area (Å²) in [5, 5.41) is 47.4. The number of nitrogens with zero attached hydrogens (tertiary/aromatic N) is 6. The molecular weight excluding hydrogens is 667 g/mol. The van der Waals surface area contributed by atoms with Gasteiger partial charge in [0.1, 0.15) is 11.4 Å². The number of hydrogen-bond acceptors (Lipinski definition) is 10. The number of aryl methyl sites for hydroxylation is 1. The van der Waals surface area contributed by atoms with Crippen LogP contribution in [0.2, 0.25) is 0 Å². The Morgan fingerprint density at radius 3 is 1.82 bits per heavy atom. The van der Waals surface area contributed by atoms with Crippen molar-refractivity contribution in [3.05, 3.63) is 139 Å². The average Bonchev–Trinajstić information content (AvgIpc) is 3.43. The standard InChI is InChI=1S/C38H29N7O5S/c1-24-36(38(47)45(44-24)31-10-6-3-7-11-31)42-40-29-17-12-25(13-18-29)26-14-19-30(20-15-26)41-43-37-33(39-28-8-4-2-5-9-28)21-16-27-22-32(51(48,49)50)23-34(46)35(27)37/h2-23,39,46-47H,1H3,(H,48,49,50). The minimum Gasteiger partial charge on any atom is -0.507 e. The third-order valence-corrected chi connectivity index (χ3v) is 8.83. The first-order valence-corrected chi connectivity index (χ1v) is 17.1. The van der Waals surface area contributed by atoms with Gasteiger partial charge in [-0.3, -0.25) is 4.55 Å². The molecule has 0 fully saturated rings. The summed E-state index contributed by atoms with van der Waals surface area (Å²) in [6.07, 6.45) is 0. The molecule has 13 heteroatoms. The zero-order chi connectivity index (χ0) is 35.5. The van der Waals surface area contributed by atoms with Crippen LogP contribution in [0.5, 0.6) is 11.6 Å². The zero-order valence-corrected chi connectivity index (χ0v) is 27.8. The molecule has 7 aromatic rings. The van der Waals surface area contributed by atoms with E-state index in [0.717, 1.165) is 22.9 Å². The van der Waals surface area contributed by atoms with E-state index in [2.05, 4.69) is 30.9 Å². The summed E-state index contributed by atoms with van der Waals surface area (Å²) in [4.78, 5) is -0.434. The number of anilines is 2. The van der Waals surface area contributed by atoms with Crippen LogP contribution in [-0.4, -0.2) is 33.0 Å². The van der Waals surface area contributed by atoms with E-state index in [4.69, 9.17) is 0 Å². The number of nitrogens with one attached hydrogen (secondary N) is 1. The highest BCUT2D eigenvalue weighted by Crippen LogP contribution is 2.43. The lowest BCUT2D eigenvalue weighted by atomic mass is 10.1. The fourth-order valence-corrected chi connectivity index (χ4v) is 5.99. The Morgan fingerprint density at radius 2 is 1.24 bits per heavy atom. The van der Waals surface area contributed by atoms with Crippen LogP contribution < -0.4 is 5.32 Å². The molecule has 1 heterocycles. The van der Waals surface area contributed by atoms with Crippen LogP contribution in [0.25, 0.3) is 27.6 Å². The van der Waals surface area contributed by atoms with Crippen molar-refractivity contribution in [2.75, 3.05) is 5.32 Å². The van der Waals surface area contributed by atoms with E-state index < -0.39 is 15.0 Å². The number of para-hydroxylation sites is 2. The van der Waals surface area contributed by atoms with Crippen LogP contribution in [-0.2, 0) is 10.1 Å². The first kappa shape index (κ1) is 32.8. The van der Waals surface area contributed by atoms with Gasteiger partial charge in [0.2, 0.25) is 5.88 Å². The van der Waals surface area contributed by atoms with Crippen LogP contribution in [0.4, 0.5) is 34.1 Å². The van der Waals surface area contributed by atoms with E-state index in [1.54, 1.807) is 31.2 Å². The van der Waals surface area contributed by atoms with E-state index >= 15 is 0 Å². The second kappa shape index (κ2) is 13.7. The Morgan fingerprint density at radius 1 is 0.667 bits per heavy atom. The summed E-state index contributed by atoms with van der Waals surface area (Å²) in [7, 11) is -4.55. The predicted octanol–water partition coefficient (Wildman–Crippen LogP) is 10.2. The molecule has 0 spiro atoms. The number of phenolic OH excluding ortho intramolecular Hbond substituents is 1. The summed E-state index contributed by atoms with van der Waals surface area (Å²) in [5.41, 5.74) is 6.09. The lowest BCUT2D eigenvalue weighted by Gasteiger charge is -2.13. The first-order valence-electron chi connectivity index (χ1n) is 15.6. The summed E-state index contributed by atoms with van der Waals surface area (Å²) in [6, 6.07) is 39.1. The molecule has 6 aromatic carbocycles. The molecule has 12 nitrogen and oxygen atoms in total. The van der Waals surface area contributed by atoms with Crippen LogP contribution in [0.3, 0.4) is 0 Å². The molecule has 0 amide bonds. The Bertz CT molecular complexity index is 2540. The fraction of sp³-hybridized carbons (Fsp3) is 0.0263. The first-order chi connectivity index (χ1) is 24.6. The number of fused-ring (bicyclic) bond motifs is 1. The van der Waals surface area contributed by atoms with Crippen molar-refractivity contribution in [3.8, 4) is 28.4 Å². The Kier molecular flexibility index (Phi) is 8.80. The molecule has 0 saturated carbocycles. The molecule has 0 saturated heterocycles. The second-order valence-corrected chi connectivity index (χ2v) is 12.9. The maximum Gasteiger partial charge on any atom is 0.294 e. The highest BCUT2D eigenvalue weighted by molar-refractivity contribution is 7.85. The smallest absolute Gasteiger partial charge is 0.294 e. The van der Waals surface area contributed by atoms with Crippen molar-refractivity contribution in [2.45, 2.75) is 11.8 Å². The monoisotopic (exact) mass is 695 g/mol. The van der Waals surface area contributed by atoms with Gasteiger partial charge in [-0.2, -0.15) is 28.4 Å². The second-order valence-electron chi connectivity index (χ2n) is 11.5. The third-order valence-electron chi connectivity index (χ3n) is 8.00. The van der Waals surface area contributed by atoms with Gasteiger partial charge >= 0.3 is 0 Å².